The highest BCUT2D eigenvalue weighted by Crippen LogP contribution is 2.38. The highest BCUT2D eigenvalue weighted by Gasteiger charge is 2.19. The maximum Gasteiger partial charge on any atom is 0.233 e. The van der Waals surface area contributed by atoms with Crippen molar-refractivity contribution >= 4 is 34.1 Å². The number of aryl methyl sites for hydroxylation is 1. The topological polar surface area (TPSA) is 115 Å². The van der Waals surface area contributed by atoms with Gasteiger partial charge >= 0.3 is 0 Å². The standard InChI is InChI=1S/C32H34FN5O5/c1-20-14-24(37-31(40)17-30(39)36-23-6-4-22(33)5-7-23)18-35-32(20)43-27-8-11-34-26-16-29(28(41-3)15-25(26)27)42-19-21-9-12-38(2)13-10-21/h4-8,11,14-16,18,21H,9-10,12-13,17,19H2,1-3H3,(H,36,39)(H,37,40). The second kappa shape index (κ2) is 13.5. The van der Waals surface area contributed by atoms with Crippen LogP contribution in [0.2, 0.25) is 0 Å². The molecule has 2 aromatic heterocycles. The Kier molecular flexibility index (Phi) is 9.31. The van der Waals surface area contributed by atoms with Crippen molar-refractivity contribution in [1.82, 2.24) is 14.9 Å². The molecule has 4 aromatic rings. The van der Waals surface area contributed by atoms with Gasteiger partial charge in [-0.15, -0.1) is 0 Å². The third kappa shape index (κ3) is 7.75. The zero-order valence-corrected chi connectivity index (χ0v) is 24.4. The highest BCUT2D eigenvalue weighted by molar-refractivity contribution is 6.08. The van der Waals surface area contributed by atoms with Crippen LogP contribution in [0.4, 0.5) is 15.8 Å². The Hall–Kier alpha value is -4.77. The van der Waals surface area contributed by atoms with Gasteiger partial charge in [0.2, 0.25) is 17.7 Å². The molecule has 0 aliphatic carbocycles. The molecule has 2 amide bonds. The average molecular weight is 588 g/mol. The minimum Gasteiger partial charge on any atom is -0.493 e. The molecule has 2 aromatic carbocycles. The number of piperidine rings is 1. The smallest absolute Gasteiger partial charge is 0.233 e. The fourth-order valence-electron chi connectivity index (χ4n) is 4.86. The zero-order valence-electron chi connectivity index (χ0n) is 24.4. The monoisotopic (exact) mass is 587 g/mol. The van der Waals surface area contributed by atoms with Crippen molar-refractivity contribution in [2.75, 3.05) is 44.5 Å². The molecule has 1 aliphatic rings. The van der Waals surface area contributed by atoms with Gasteiger partial charge in [0.15, 0.2) is 11.5 Å². The normalized spacial score (nSPS) is 13.9. The summed E-state index contributed by atoms with van der Waals surface area (Å²) < 4.78 is 31.1. The van der Waals surface area contributed by atoms with Crippen molar-refractivity contribution in [2.45, 2.75) is 26.2 Å². The molecule has 5 rings (SSSR count). The molecule has 11 heteroatoms. The Morgan fingerprint density at radius 2 is 1.67 bits per heavy atom. The lowest BCUT2D eigenvalue weighted by Gasteiger charge is -2.28. The quantitative estimate of drug-likeness (QED) is 0.232. The Balaban J connectivity index is 1.23. The largest absolute Gasteiger partial charge is 0.493 e. The highest BCUT2D eigenvalue weighted by atomic mass is 19.1. The van der Waals surface area contributed by atoms with Crippen LogP contribution < -0.4 is 24.8 Å². The number of likely N-dealkylation sites (tertiary alicyclic amines) is 1. The number of benzene rings is 2. The van der Waals surface area contributed by atoms with Gasteiger partial charge < -0.3 is 29.7 Å². The fraction of sp³-hybridized carbons (Fsp3) is 0.312. The Morgan fingerprint density at radius 1 is 0.953 bits per heavy atom. The fourth-order valence-corrected chi connectivity index (χ4v) is 4.86. The minimum absolute atomic E-state index is 0.348. The number of ether oxygens (including phenoxy) is 3. The third-order valence-electron chi connectivity index (χ3n) is 7.27. The van der Waals surface area contributed by atoms with E-state index in [0.29, 0.717) is 58.1 Å². The van der Waals surface area contributed by atoms with Crippen molar-refractivity contribution in [3.63, 3.8) is 0 Å². The summed E-state index contributed by atoms with van der Waals surface area (Å²) in [5.41, 5.74) is 2.17. The Morgan fingerprint density at radius 3 is 2.37 bits per heavy atom. The maximum atomic E-state index is 13.1. The molecule has 0 saturated carbocycles. The molecule has 1 fully saturated rings. The summed E-state index contributed by atoms with van der Waals surface area (Å²) in [6, 6.07) is 12.5. The maximum absolute atomic E-state index is 13.1. The van der Waals surface area contributed by atoms with E-state index in [9.17, 15) is 14.0 Å². The van der Waals surface area contributed by atoms with Gasteiger partial charge in [-0.05, 0) is 88.3 Å². The van der Waals surface area contributed by atoms with Gasteiger partial charge in [-0.3, -0.25) is 14.6 Å². The Labute approximate surface area is 249 Å². The van der Waals surface area contributed by atoms with Crippen LogP contribution in [0.15, 0.2) is 60.9 Å². The summed E-state index contributed by atoms with van der Waals surface area (Å²) in [7, 11) is 3.74. The number of pyridine rings is 2. The van der Waals surface area contributed by atoms with Crippen LogP contribution in [-0.2, 0) is 9.59 Å². The van der Waals surface area contributed by atoms with Crippen LogP contribution in [-0.4, -0.2) is 60.5 Å². The summed E-state index contributed by atoms with van der Waals surface area (Å²) in [5, 5.41) is 5.96. The number of aromatic nitrogens is 2. The zero-order chi connectivity index (χ0) is 30.3. The first-order chi connectivity index (χ1) is 20.8. The van der Waals surface area contributed by atoms with Crippen LogP contribution in [0.1, 0.15) is 24.8 Å². The van der Waals surface area contributed by atoms with Gasteiger partial charge in [-0.25, -0.2) is 9.37 Å². The van der Waals surface area contributed by atoms with Gasteiger partial charge in [0.05, 0.1) is 31.1 Å². The number of rotatable bonds is 10. The summed E-state index contributed by atoms with van der Waals surface area (Å²) >= 11 is 0. The number of carbonyl (C=O) groups is 2. The summed E-state index contributed by atoms with van der Waals surface area (Å²) in [5.74, 6) is 1.15. The molecule has 0 bridgehead atoms. The van der Waals surface area contributed by atoms with Crippen LogP contribution >= 0.6 is 0 Å². The molecule has 0 unspecified atom stereocenters. The number of amides is 2. The molecule has 43 heavy (non-hydrogen) atoms. The van der Waals surface area contributed by atoms with E-state index >= 15 is 0 Å². The van der Waals surface area contributed by atoms with E-state index in [1.54, 1.807) is 32.4 Å². The molecule has 2 N–H and O–H groups in total. The van der Waals surface area contributed by atoms with Crippen LogP contribution in [0.5, 0.6) is 23.1 Å². The lowest BCUT2D eigenvalue weighted by Crippen LogP contribution is -2.32. The SMILES string of the molecule is COc1cc2c(Oc3ncc(NC(=O)CC(=O)Nc4ccc(F)cc4)cc3C)ccnc2cc1OCC1CCN(C)CC1. The predicted molar refractivity (Wildman–Crippen MR) is 161 cm³/mol. The van der Waals surface area contributed by atoms with E-state index in [1.807, 2.05) is 12.1 Å². The van der Waals surface area contributed by atoms with Crippen LogP contribution in [0, 0.1) is 18.7 Å². The van der Waals surface area contributed by atoms with Crippen molar-refractivity contribution in [1.29, 1.82) is 0 Å². The first-order valence-electron chi connectivity index (χ1n) is 14.0. The third-order valence-corrected chi connectivity index (χ3v) is 7.27. The number of fused-ring (bicyclic) bond motifs is 1. The number of hydrogen-bond donors (Lipinski definition) is 2. The lowest BCUT2D eigenvalue weighted by atomic mass is 9.98. The van der Waals surface area contributed by atoms with E-state index in [0.717, 1.165) is 31.3 Å². The number of carbonyl (C=O) groups excluding carboxylic acids is 2. The van der Waals surface area contributed by atoms with Crippen molar-refractivity contribution < 1.29 is 28.2 Å². The van der Waals surface area contributed by atoms with E-state index in [1.165, 1.54) is 30.5 Å². The van der Waals surface area contributed by atoms with Gasteiger partial charge in [-0.1, -0.05) is 0 Å². The summed E-state index contributed by atoms with van der Waals surface area (Å²) in [4.78, 5) is 35.8. The van der Waals surface area contributed by atoms with Gasteiger partial charge in [0.1, 0.15) is 18.0 Å². The molecule has 10 nitrogen and oxygen atoms in total. The number of anilines is 2. The molecule has 1 aliphatic heterocycles. The van der Waals surface area contributed by atoms with Crippen molar-refractivity contribution in [3.05, 3.63) is 72.3 Å². The molecule has 1 saturated heterocycles. The minimum atomic E-state index is -0.524. The molecule has 3 heterocycles. The van der Waals surface area contributed by atoms with Crippen molar-refractivity contribution in [2.24, 2.45) is 5.92 Å². The lowest BCUT2D eigenvalue weighted by molar-refractivity contribution is -0.123. The first kappa shape index (κ1) is 29.7. The second-order valence-electron chi connectivity index (χ2n) is 10.6. The number of nitrogens with one attached hydrogen (secondary N) is 2. The van der Waals surface area contributed by atoms with E-state index in [2.05, 4.69) is 32.5 Å². The number of nitrogens with zero attached hydrogens (tertiary/aromatic N) is 3. The number of methoxy groups -OCH3 is 1. The average Bonchev–Trinajstić information content (AvgIpc) is 2.99. The summed E-state index contributed by atoms with van der Waals surface area (Å²) in [6.07, 6.45) is 4.90. The van der Waals surface area contributed by atoms with Gasteiger partial charge in [0, 0.05) is 28.9 Å². The number of hydrogen-bond acceptors (Lipinski definition) is 8. The molecular weight excluding hydrogens is 553 g/mol. The van der Waals surface area contributed by atoms with Gasteiger partial charge in [0.25, 0.3) is 0 Å². The second-order valence-corrected chi connectivity index (χ2v) is 10.6. The Bertz CT molecular complexity index is 1610. The molecule has 224 valence electrons. The summed E-state index contributed by atoms with van der Waals surface area (Å²) in [6.45, 7) is 4.57. The van der Waals surface area contributed by atoms with Crippen LogP contribution in [0.3, 0.4) is 0 Å². The van der Waals surface area contributed by atoms with E-state index in [4.69, 9.17) is 14.2 Å². The molecular formula is C32H34FN5O5. The van der Waals surface area contributed by atoms with Gasteiger partial charge in [-0.2, -0.15) is 0 Å². The first-order valence-corrected chi connectivity index (χ1v) is 14.0. The molecule has 0 spiro atoms. The molecule has 0 radical (unpaired) electrons. The predicted octanol–water partition coefficient (Wildman–Crippen LogP) is 5.57. The van der Waals surface area contributed by atoms with Crippen LogP contribution in [0.25, 0.3) is 10.9 Å². The van der Waals surface area contributed by atoms with E-state index < -0.39 is 24.1 Å². The van der Waals surface area contributed by atoms with E-state index in [-0.39, 0.29) is 0 Å². The molecule has 0 atom stereocenters. The number of halogens is 1. The van der Waals surface area contributed by atoms with Crippen molar-refractivity contribution in [3.8, 4) is 23.1 Å².